The van der Waals surface area contributed by atoms with Crippen LogP contribution in [0.25, 0.3) is 0 Å². The van der Waals surface area contributed by atoms with Gasteiger partial charge >= 0.3 is 5.97 Å². The van der Waals surface area contributed by atoms with Gasteiger partial charge in [0.25, 0.3) is 0 Å². The zero-order chi connectivity index (χ0) is 16.8. The number of rotatable bonds is 5. The number of hydrogen-bond donors (Lipinski definition) is 5. The molecule has 9 nitrogen and oxygen atoms in total. The van der Waals surface area contributed by atoms with E-state index in [9.17, 15) is 4.79 Å². The fourth-order valence-corrected chi connectivity index (χ4v) is 2.22. The standard InChI is InChI=1S/C14H20N6O3/c15-13(16)20-14(17)19-11-6-8(12(21)22)3-4-10(11)18-7-9-2-1-5-23-9/h3-4,6,9,18H,1-2,5,7H2,(H,21,22)(H6,15,16,17,19,20). The Morgan fingerprint density at radius 3 is 2.78 bits per heavy atom. The highest BCUT2D eigenvalue weighted by atomic mass is 16.5. The van der Waals surface area contributed by atoms with Crippen LogP contribution in [0.5, 0.6) is 0 Å². The largest absolute Gasteiger partial charge is 0.478 e. The number of guanidine groups is 2. The van der Waals surface area contributed by atoms with Crippen molar-refractivity contribution in [3.63, 3.8) is 0 Å². The molecule has 0 saturated carbocycles. The molecule has 1 aromatic rings. The Bertz CT molecular complexity index is 633. The van der Waals surface area contributed by atoms with E-state index >= 15 is 0 Å². The monoisotopic (exact) mass is 320 g/mol. The van der Waals surface area contributed by atoms with E-state index in [1.165, 1.54) is 12.1 Å². The summed E-state index contributed by atoms with van der Waals surface area (Å²) in [5.74, 6) is -1.45. The van der Waals surface area contributed by atoms with Gasteiger partial charge in [-0.25, -0.2) is 9.79 Å². The lowest BCUT2D eigenvalue weighted by Gasteiger charge is -2.14. The van der Waals surface area contributed by atoms with Gasteiger partial charge in [0, 0.05) is 13.2 Å². The summed E-state index contributed by atoms with van der Waals surface area (Å²) >= 11 is 0. The molecule has 1 unspecified atom stereocenters. The number of nitrogens with zero attached hydrogens (tertiary/aromatic N) is 2. The minimum absolute atomic E-state index is 0.0870. The molecule has 23 heavy (non-hydrogen) atoms. The van der Waals surface area contributed by atoms with E-state index in [4.69, 9.17) is 27.0 Å². The van der Waals surface area contributed by atoms with Gasteiger partial charge in [-0.1, -0.05) is 0 Å². The third kappa shape index (κ3) is 4.85. The predicted molar refractivity (Wildman–Crippen MR) is 88.0 cm³/mol. The quantitative estimate of drug-likeness (QED) is 0.382. The molecule has 0 radical (unpaired) electrons. The number of nitrogens with two attached hydrogens (primary N) is 3. The zero-order valence-corrected chi connectivity index (χ0v) is 12.5. The first-order valence-electron chi connectivity index (χ1n) is 7.12. The van der Waals surface area contributed by atoms with Gasteiger partial charge in [-0.15, -0.1) is 0 Å². The third-order valence-electron chi connectivity index (χ3n) is 3.27. The molecule has 9 heteroatoms. The second-order valence-corrected chi connectivity index (χ2v) is 5.06. The molecule has 1 saturated heterocycles. The number of aromatic carboxylic acids is 1. The fraction of sp³-hybridized carbons (Fsp3) is 0.357. The molecule has 1 atom stereocenters. The van der Waals surface area contributed by atoms with Gasteiger partial charge in [0.15, 0.2) is 5.96 Å². The van der Waals surface area contributed by atoms with E-state index in [0.717, 1.165) is 19.4 Å². The maximum atomic E-state index is 11.1. The summed E-state index contributed by atoms with van der Waals surface area (Å²) in [5.41, 5.74) is 17.2. The van der Waals surface area contributed by atoms with Gasteiger partial charge in [0.2, 0.25) is 5.96 Å². The van der Waals surface area contributed by atoms with E-state index in [2.05, 4.69) is 15.3 Å². The lowest BCUT2D eigenvalue weighted by atomic mass is 10.1. The molecule has 0 aliphatic carbocycles. The summed E-state index contributed by atoms with van der Waals surface area (Å²) in [6.45, 7) is 1.35. The van der Waals surface area contributed by atoms with Crippen LogP contribution in [-0.4, -0.2) is 42.3 Å². The van der Waals surface area contributed by atoms with E-state index in [1.807, 2.05) is 0 Å². The number of benzene rings is 1. The van der Waals surface area contributed by atoms with Crippen LogP contribution in [-0.2, 0) is 4.74 Å². The lowest BCUT2D eigenvalue weighted by molar-refractivity contribution is 0.0697. The van der Waals surface area contributed by atoms with E-state index in [0.29, 0.717) is 17.9 Å². The normalized spacial score (nSPS) is 17.7. The van der Waals surface area contributed by atoms with Crippen molar-refractivity contribution in [3.05, 3.63) is 23.8 Å². The van der Waals surface area contributed by atoms with Crippen LogP contribution >= 0.6 is 0 Å². The third-order valence-corrected chi connectivity index (χ3v) is 3.27. The Morgan fingerprint density at radius 2 is 2.17 bits per heavy atom. The molecule has 1 aromatic carbocycles. The molecular formula is C14H20N6O3. The van der Waals surface area contributed by atoms with Gasteiger partial charge in [0.1, 0.15) is 0 Å². The first-order valence-corrected chi connectivity index (χ1v) is 7.12. The van der Waals surface area contributed by atoms with Gasteiger partial charge in [0.05, 0.1) is 23.0 Å². The summed E-state index contributed by atoms with van der Waals surface area (Å²) in [6, 6.07) is 4.51. The molecular weight excluding hydrogens is 300 g/mol. The van der Waals surface area contributed by atoms with Crippen LogP contribution in [0.1, 0.15) is 23.2 Å². The van der Waals surface area contributed by atoms with Gasteiger partial charge < -0.3 is 32.4 Å². The molecule has 8 N–H and O–H groups in total. The highest BCUT2D eigenvalue weighted by Gasteiger charge is 2.16. The lowest BCUT2D eigenvalue weighted by Crippen LogP contribution is -2.26. The molecule has 1 fully saturated rings. The average molecular weight is 320 g/mol. The minimum atomic E-state index is -1.06. The van der Waals surface area contributed by atoms with Crippen molar-refractivity contribution in [2.75, 3.05) is 18.5 Å². The Kier molecular flexibility index (Phi) is 5.36. The summed E-state index contributed by atoms with van der Waals surface area (Å²) in [7, 11) is 0. The van der Waals surface area contributed by atoms with Gasteiger partial charge in [-0.2, -0.15) is 4.99 Å². The minimum Gasteiger partial charge on any atom is -0.478 e. The molecule has 1 aliphatic heterocycles. The number of hydrogen-bond acceptors (Lipinski definition) is 4. The SMILES string of the molecule is NC(N)=NC(N)=Nc1cc(C(=O)O)ccc1NCC1CCCO1. The van der Waals surface area contributed by atoms with Crippen molar-refractivity contribution in [3.8, 4) is 0 Å². The zero-order valence-electron chi connectivity index (χ0n) is 12.5. The van der Waals surface area contributed by atoms with Crippen LogP contribution in [0.2, 0.25) is 0 Å². The first-order chi connectivity index (χ1) is 11.0. The number of anilines is 1. The van der Waals surface area contributed by atoms with Gasteiger partial charge in [-0.05, 0) is 31.0 Å². The molecule has 0 amide bonds. The first kappa shape index (κ1) is 16.6. The molecule has 2 rings (SSSR count). The van der Waals surface area contributed by atoms with Crippen molar-refractivity contribution in [1.82, 2.24) is 0 Å². The summed E-state index contributed by atoms with van der Waals surface area (Å²) in [5, 5.41) is 12.3. The van der Waals surface area contributed by atoms with Crippen LogP contribution in [0.3, 0.4) is 0 Å². The maximum Gasteiger partial charge on any atom is 0.335 e. The second kappa shape index (κ2) is 7.45. The molecule has 124 valence electrons. The summed E-state index contributed by atoms with van der Waals surface area (Å²) in [6.07, 6.45) is 2.14. The van der Waals surface area contributed by atoms with Crippen molar-refractivity contribution in [1.29, 1.82) is 0 Å². The number of ether oxygens (including phenoxy) is 1. The highest BCUT2D eigenvalue weighted by Crippen LogP contribution is 2.27. The molecule has 0 bridgehead atoms. The van der Waals surface area contributed by atoms with E-state index < -0.39 is 5.97 Å². The topological polar surface area (TPSA) is 161 Å². The number of nitrogens with one attached hydrogen (secondary N) is 1. The van der Waals surface area contributed by atoms with Crippen LogP contribution in [0.4, 0.5) is 11.4 Å². The van der Waals surface area contributed by atoms with Crippen molar-refractivity contribution >= 4 is 29.3 Å². The molecule has 0 spiro atoms. The summed E-state index contributed by atoms with van der Waals surface area (Å²) in [4.78, 5) is 18.8. The molecule has 1 heterocycles. The van der Waals surface area contributed by atoms with Crippen LogP contribution in [0.15, 0.2) is 28.2 Å². The Morgan fingerprint density at radius 1 is 1.39 bits per heavy atom. The number of aliphatic imine (C=N–C) groups is 2. The van der Waals surface area contributed by atoms with Crippen molar-refractivity contribution in [2.24, 2.45) is 27.2 Å². The van der Waals surface area contributed by atoms with E-state index in [1.54, 1.807) is 6.07 Å². The second-order valence-electron chi connectivity index (χ2n) is 5.06. The fourth-order valence-electron chi connectivity index (χ4n) is 2.22. The number of carbonyl (C=O) groups is 1. The van der Waals surface area contributed by atoms with Crippen molar-refractivity contribution < 1.29 is 14.6 Å². The Labute approximate surface area is 133 Å². The Hall–Kier alpha value is -2.81. The smallest absolute Gasteiger partial charge is 0.335 e. The van der Waals surface area contributed by atoms with E-state index in [-0.39, 0.29) is 23.6 Å². The summed E-state index contributed by atoms with van der Waals surface area (Å²) < 4.78 is 5.54. The number of carboxylic acid groups (broad SMARTS) is 1. The van der Waals surface area contributed by atoms with Gasteiger partial charge in [-0.3, -0.25) is 0 Å². The van der Waals surface area contributed by atoms with Crippen LogP contribution in [0, 0.1) is 0 Å². The van der Waals surface area contributed by atoms with Crippen molar-refractivity contribution in [2.45, 2.75) is 18.9 Å². The predicted octanol–water partition coefficient (Wildman–Crippen LogP) is 0.195. The molecule has 1 aliphatic rings. The van der Waals surface area contributed by atoms with Crippen LogP contribution < -0.4 is 22.5 Å². The molecule has 0 aromatic heterocycles. The highest BCUT2D eigenvalue weighted by molar-refractivity contribution is 5.95. The Balaban J connectivity index is 2.24. The number of carboxylic acids is 1. The maximum absolute atomic E-state index is 11.1. The average Bonchev–Trinajstić information content (AvgIpc) is 2.98.